The Balaban J connectivity index is 0.000000275. The number of aryl methyl sites for hydroxylation is 9. The van der Waals surface area contributed by atoms with Gasteiger partial charge in [0.25, 0.3) is 5.92 Å². The van der Waals surface area contributed by atoms with E-state index in [0.29, 0.717) is 0 Å². The van der Waals surface area contributed by atoms with E-state index in [4.69, 9.17) is 5.73 Å². The summed E-state index contributed by atoms with van der Waals surface area (Å²) in [6, 6.07) is 6.97. The first-order valence-corrected chi connectivity index (χ1v) is 13.1. The molecule has 0 spiro atoms. The van der Waals surface area contributed by atoms with E-state index in [1.807, 2.05) is 73.7 Å². The number of halogens is 2. The molecule has 4 aromatic rings. The third kappa shape index (κ3) is 14.1. The molecule has 0 radical (unpaired) electrons. The monoisotopic (exact) mass is 568 g/mol. The van der Waals surface area contributed by atoms with Gasteiger partial charge in [-0.1, -0.05) is 6.92 Å². The lowest BCUT2D eigenvalue weighted by Gasteiger charge is -2.09. The minimum atomic E-state index is -2.96. The lowest BCUT2D eigenvalue weighted by molar-refractivity contribution is 0.0125. The molecule has 0 aliphatic carbocycles. The largest absolute Gasteiger partial charge is 0.384 e. The molecule has 4 heterocycles. The van der Waals surface area contributed by atoms with Crippen LogP contribution < -0.4 is 11.1 Å². The van der Waals surface area contributed by atoms with Gasteiger partial charge in [-0.25, -0.2) is 39.9 Å². The lowest BCUT2D eigenvalue weighted by Crippen LogP contribution is -2.12. The van der Waals surface area contributed by atoms with Crippen molar-refractivity contribution in [3.63, 3.8) is 0 Å². The summed E-state index contributed by atoms with van der Waals surface area (Å²) in [5.74, 6) is 0.784. The van der Waals surface area contributed by atoms with Crippen molar-refractivity contribution in [3.8, 4) is 0 Å². The van der Waals surface area contributed by atoms with E-state index in [-0.39, 0.29) is 17.3 Å². The maximum Gasteiger partial charge on any atom is 0.287 e. The van der Waals surface area contributed by atoms with Crippen molar-refractivity contribution in [2.45, 2.75) is 81.6 Å². The van der Waals surface area contributed by atoms with Crippen LogP contribution in [0.3, 0.4) is 0 Å². The maximum absolute atomic E-state index is 12.7. The number of hydrogen-bond donors (Lipinski definition) is 2. The number of nitrogens with zero attached hydrogens (tertiary/aromatic N) is 8. The van der Waals surface area contributed by atoms with Crippen molar-refractivity contribution in [2.75, 3.05) is 18.1 Å². The number of anilines is 2. The first-order valence-electron chi connectivity index (χ1n) is 13.1. The van der Waals surface area contributed by atoms with Crippen molar-refractivity contribution in [1.82, 2.24) is 39.9 Å². The number of rotatable bonds is 3. The fourth-order valence-corrected chi connectivity index (χ4v) is 3.54. The van der Waals surface area contributed by atoms with Crippen LogP contribution in [-0.2, 0) is 12.3 Å². The highest BCUT2D eigenvalue weighted by Gasteiger charge is 2.26. The third-order valence-electron chi connectivity index (χ3n) is 5.01. The molecule has 0 unspecified atom stereocenters. The summed E-state index contributed by atoms with van der Waals surface area (Å²) in [5, 5.41) is 2.96. The molecule has 3 N–H and O–H groups in total. The molecule has 0 amide bonds. The van der Waals surface area contributed by atoms with Gasteiger partial charge in [-0.2, -0.15) is 8.78 Å². The van der Waals surface area contributed by atoms with Crippen LogP contribution in [0.15, 0.2) is 24.3 Å². The summed E-state index contributed by atoms with van der Waals surface area (Å²) >= 11 is 0. The number of nitrogen functional groups attached to an aromatic ring is 1. The first kappa shape index (κ1) is 34.8. The molecule has 41 heavy (non-hydrogen) atoms. The number of alkyl halides is 2. The molecule has 12 heteroatoms. The molecule has 0 aliphatic rings. The normalized spacial score (nSPS) is 10.3. The van der Waals surface area contributed by atoms with E-state index < -0.39 is 5.92 Å². The minimum absolute atomic E-state index is 0.0685. The summed E-state index contributed by atoms with van der Waals surface area (Å²) in [6.07, 6.45) is 0.990. The Labute approximate surface area is 241 Å². The van der Waals surface area contributed by atoms with E-state index in [1.165, 1.54) is 6.92 Å². The summed E-state index contributed by atoms with van der Waals surface area (Å²) in [6.45, 7) is 18.0. The predicted molar refractivity (Wildman–Crippen MR) is 159 cm³/mol. The number of aromatic nitrogens is 8. The Bertz CT molecular complexity index is 1240. The average Bonchev–Trinajstić information content (AvgIpc) is 2.82. The molecule has 0 fully saturated rings. The number of nitrogens with one attached hydrogen (secondary N) is 1. The van der Waals surface area contributed by atoms with Gasteiger partial charge in [0.1, 0.15) is 40.6 Å². The van der Waals surface area contributed by atoms with Gasteiger partial charge in [-0.15, -0.1) is 0 Å². The molecule has 0 saturated heterocycles. The quantitative estimate of drug-likeness (QED) is 0.317. The van der Waals surface area contributed by atoms with Crippen molar-refractivity contribution in [2.24, 2.45) is 0 Å². The molecule has 0 bridgehead atoms. The summed E-state index contributed by atoms with van der Waals surface area (Å²) in [5.41, 5.74) is 10.2. The highest BCUT2D eigenvalue weighted by Crippen LogP contribution is 2.25. The van der Waals surface area contributed by atoms with E-state index in [1.54, 1.807) is 0 Å². The van der Waals surface area contributed by atoms with Crippen LogP contribution in [0.4, 0.5) is 20.4 Å². The van der Waals surface area contributed by atoms with Crippen molar-refractivity contribution >= 4 is 11.6 Å². The highest BCUT2D eigenvalue weighted by molar-refractivity contribution is 5.34. The summed E-state index contributed by atoms with van der Waals surface area (Å²) < 4.78 is 25.3. The Morgan fingerprint density at radius 3 is 1.46 bits per heavy atom. The fourth-order valence-electron chi connectivity index (χ4n) is 3.54. The van der Waals surface area contributed by atoms with Crippen LogP contribution in [0.25, 0.3) is 0 Å². The molecule has 222 valence electrons. The van der Waals surface area contributed by atoms with Crippen molar-refractivity contribution in [1.29, 1.82) is 0 Å². The van der Waals surface area contributed by atoms with Crippen LogP contribution >= 0.6 is 0 Å². The molecule has 0 atom stereocenters. The molecular formula is C29H42F2N10. The second-order valence-electron chi connectivity index (χ2n) is 9.40. The highest BCUT2D eigenvalue weighted by atomic mass is 19.3. The number of nitrogens with two attached hydrogens (primary N) is 1. The molecule has 0 aromatic carbocycles. The van der Waals surface area contributed by atoms with Crippen LogP contribution in [0, 0.1) is 55.4 Å². The van der Waals surface area contributed by atoms with Crippen LogP contribution in [0.2, 0.25) is 0 Å². The zero-order valence-corrected chi connectivity index (χ0v) is 25.9. The first-order chi connectivity index (χ1) is 19.0. The van der Waals surface area contributed by atoms with Gasteiger partial charge < -0.3 is 11.1 Å². The van der Waals surface area contributed by atoms with Gasteiger partial charge in [-0.05, 0) is 73.9 Å². The standard InChI is InChI=1S/C8H12N2.C7H9F2N3.C7H11N3.C7H10N2/c1-4-8-5-6(2)9-7(3)10-8;1-4-11-5(7(2,8)9)3-6(10)12-4;1-5-4-7(8-3)10-6(2)9-5;1-5-4-6(2)9-7(3)8-5/h5H,4H2,1-3H3;3H,1-2H3,(H2,10,11,12);4H,1-3H3,(H,8,9,10);4H,1-3H3. The van der Waals surface area contributed by atoms with Crippen molar-refractivity contribution < 1.29 is 8.78 Å². The lowest BCUT2D eigenvalue weighted by atomic mass is 10.2. The van der Waals surface area contributed by atoms with Gasteiger partial charge in [0.15, 0.2) is 0 Å². The topological polar surface area (TPSA) is 141 Å². The van der Waals surface area contributed by atoms with Gasteiger partial charge in [0.05, 0.1) is 0 Å². The summed E-state index contributed by atoms with van der Waals surface area (Å²) in [4.78, 5) is 32.2. The van der Waals surface area contributed by atoms with E-state index in [2.05, 4.69) is 52.1 Å². The smallest absolute Gasteiger partial charge is 0.287 e. The fraction of sp³-hybridized carbons (Fsp3) is 0.448. The zero-order chi connectivity index (χ0) is 31.3. The molecule has 0 aliphatic heterocycles. The average molecular weight is 569 g/mol. The molecule has 4 rings (SSSR count). The second-order valence-corrected chi connectivity index (χ2v) is 9.40. The SMILES string of the molecule is CCc1cc(C)nc(C)n1.CNc1cc(C)nc(C)n1.Cc1cc(C)nc(C)n1.Cc1nc(N)cc(C(C)(F)F)n1. The van der Waals surface area contributed by atoms with Crippen LogP contribution in [-0.4, -0.2) is 46.9 Å². The van der Waals surface area contributed by atoms with Gasteiger partial charge in [0, 0.05) is 54.6 Å². The van der Waals surface area contributed by atoms with Crippen LogP contribution in [0.1, 0.15) is 71.3 Å². The zero-order valence-electron chi connectivity index (χ0n) is 25.9. The third-order valence-corrected chi connectivity index (χ3v) is 5.01. The second kappa shape index (κ2) is 16.1. The molecule has 0 saturated carbocycles. The molecular weight excluding hydrogens is 526 g/mol. The van der Waals surface area contributed by atoms with Gasteiger partial charge in [-0.3, -0.25) is 0 Å². The number of hydrogen-bond acceptors (Lipinski definition) is 10. The van der Waals surface area contributed by atoms with E-state index in [0.717, 1.165) is 71.2 Å². The van der Waals surface area contributed by atoms with E-state index >= 15 is 0 Å². The maximum atomic E-state index is 12.7. The van der Waals surface area contributed by atoms with Crippen molar-refractivity contribution in [3.05, 3.63) is 81.7 Å². The Hall–Kier alpha value is -4.22. The van der Waals surface area contributed by atoms with Gasteiger partial charge in [0.2, 0.25) is 0 Å². The Morgan fingerprint density at radius 1 is 0.634 bits per heavy atom. The van der Waals surface area contributed by atoms with Crippen LogP contribution in [0.5, 0.6) is 0 Å². The summed E-state index contributed by atoms with van der Waals surface area (Å²) in [7, 11) is 1.85. The minimum Gasteiger partial charge on any atom is -0.384 e. The predicted octanol–water partition coefficient (Wildman–Crippen LogP) is 5.67. The molecule has 10 nitrogen and oxygen atoms in total. The molecule has 4 aromatic heterocycles. The Kier molecular flexibility index (Phi) is 13.7. The van der Waals surface area contributed by atoms with E-state index in [9.17, 15) is 8.78 Å². The Morgan fingerprint density at radius 2 is 1.07 bits per heavy atom. The van der Waals surface area contributed by atoms with Gasteiger partial charge >= 0.3 is 0 Å².